The van der Waals surface area contributed by atoms with Gasteiger partial charge in [0.1, 0.15) is 0 Å². The summed E-state index contributed by atoms with van der Waals surface area (Å²) in [4.78, 5) is 33.6. The normalized spacial score (nSPS) is 16.5. The molecule has 0 bridgehead atoms. The summed E-state index contributed by atoms with van der Waals surface area (Å²) in [7, 11) is 1.63. The zero-order valence-electron chi connectivity index (χ0n) is 15.5. The number of nitrogens with one attached hydrogen (secondary N) is 1. The van der Waals surface area contributed by atoms with Crippen molar-refractivity contribution in [3.63, 3.8) is 0 Å². The average molecular weight is 358 g/mol. The minimum Gasteiger partial charge on any atom is -0.314 e. The van der Waals surface area contributed by atoms with E-state index in [1.54, 1.807) is 11.4 Å². The fourth-order valence-electron chi connectivity index (χ4n) is 4.01. The molecule has 4 heterocycles. The first-order chi connectivity index (χ1) is 12.6. The molecular weight excluding hydrogens is 332 g/mol. The second-order valence-corrected chi connectivity index (χ2v) is 7.30. The summed E-state index contributed by atoms with van der Waals surface area (Å²) >= 11 is 0. The number of aryl methyl sites for hydroxylation is 3. The minimum absolute atomic E-state index is 0.391. The Bertz CT molecular complexity index is 1050. The molecule has 8 heteroatoms. The van der Waals surface area contributed by atoms with Gasteiger partial charge in [0.05, 0.1) is 0 Å². The molecule has 0 saturated carbocycles. The third-order valence-electron chi connectivity index (χ3n) is 5.47. The molecule has 0 atom stereocenters. The Balaban J connectivity index is 1.63. The van der Waals surface area contributed by atoms with Crippen molar-refractivity contribution in [2.24, 2.45) is 7.05 Å². The molecule has 1 aliphatic heterocycles. The molecule has 0 aliphatic carbocycles. The van der Waals surface area contributed by atoms with Gasteiger partial charge in [-0.15, -0.1) is 0 Å². The molecule has 0 amide bonds. The van der Waals surface area contributed by atoms with Crippen molar-refractivity contribution in [3.8, 4) is 0 Å². The van der Waals surface area contributed by atoms with E-state index in [0.29, 0.717) is 11.2 Å². The van der Waals surface area contributed by atoms with Crippen LogP contribution in [0.4, 0.5) is 0 Å². The van der Waals surface area contributed by atoms with Crippen LogP contribution in [0, 0.1) is 6.92 Å². The summed E-state index contributed by atoms with van der Waals surface area (Å²) in [5.74, 6) is 0.722. The highest BCUT2D eigenvalue weighted by Crippen LogP contribution is 2.17. The lowest BCUT2D eigenvalue weighted by atomic mass is 10.2. The largest absolute Gasteiger partial charge is 0.329 e. The Kier molecular flexibility index (Phi) is 4.44. The summed E-state index contributed by atoms with van der Waals surface area (Å²) in [5.41, 5.74) is 1.09. The van der Waals surface area contributed by atoms with Gasteiger partial charge in [0.25, 0.3) is 5.56 Å². The number of rotatable bonds is 4. The molecule has 140 valence electrons. The number of aromatic amines is 1. The van der Waals surface area contributed by atoms with Gasteiger partial charge in [-0.05, 0) is 45.8 Å². The van der Waals surface area contributed by atoms with Crippen molar-refractivity contribution in [1.82, 2.24) is 28.4 Å². The molecule has 1 saturated heterocycles. The summed E-state index contributed by atoms with van der Waals surface area (Å²) < 4.78 is 5.33. The fourth-order valence-corrected chi connectivity index (χ4v) is 4.01. The second-order valence-electron chi connectivity index (χ2n) is 7.30. The molecule has 0 spiro atoms. The molecule has 1 fully saturated rings. The van der Waals surface area contributed by atoms with Gasteiger partial charge in [-0.2, -0.15) is 4.98 Å². The second kappa shape index (κ2) is 6.75. The van der Waals surface area contributed by atoms with Gasteiger partial charge < -0.3 is 9.47 Å². The van der Waals surface area contributed by atoms with Gasteiger partial charge in [0.2, 0.25) is 5.78 Å². The molecule has 0 aromatic carbocycles. The monoisotopic (exact) mass is 358 g/mol. The van der Waals surface area contributed by atoms with Gasteiger partial charge in [0, 0.05) is 25.5 Å². The van der Waals surface area contributed by atoms with Crippen LogP contribution < -0.4 is 11.2 Å². The molecule has 0 unspecified atom stereocenters. The van der Waals surface area contributed by atoms with Crippen molar-refractivity contribution in [3.05, 3.63) is 32.7 Å². The maximum atomic E-state index is 12.3. The topological polar surface area (TPSA) is 80.3 Å². The van der Waals surface area contributed by atoms with Crippen LogP contribution in [0.15, 0.2) is 15.8 Å². The van der Waals surface area contributed by atoms with Gasteiger partial charge >= 0.3 is 5.69 Å². The molecule has 3 aromatic rings. The van der Waals surface area contributed by atoms with E-state index < -0.39 is 11.2 Å². The number of nitrogens with zero attached hydrogens (tertiary/aromatic N) is 5. The third kappa shape index (κ3) is 2.88. The maximum absolute atomic E-state index is 12.3. The van der Waals surface area contributed by atoms with E-state index in [-0.39, 0.29) is 0 Å². The van der Waals surface area contributed by atoms with E-state index in [1.165, 1.54) is 43.3 Å². The summed E-state index contributed by atoms with van der Waals surface area (Å²) in [6.07, 6.45) is 8.27. The van der Waals surface area contributed by atoms with Gasteiger partial charge in [-0.1, -0.05) is 12.8 Å². The van der Waals surface area contributed by atoms with Crippen LogP contribution >= 0.6 is 0 Å². The molecule has 26 heavy (non-hydrogen) atoms. The predicted octanol–water partition coefficient (Wildman–Crippen LogP) is 1.25. The van der Waals surface area contributed by atoms with Gasteiger partial charge in [-0.3, -0.25) is 18.7 Å². The first kappa shape index (κ1) is 17.1. The lowest BCUT2D eigenvalue weighted by molar-refractivity contribution is 0.276. The lowest BCUT2D eigenvalue weighted by Gasteiger charge is -2.19. The molecule has 4 rings (SSSR count). The molecule has 1 N–H and O–H groups in total. The molecule has 1 aliphatic rings. The minimum atomic E-state index is -0.437. The van der Waals surface area contributed by atoms with Crippen LogP contribution in [0.25, 0.3) is 16.9 Å². The zero-order chi connectivity index (χ0) is 18.3. The van der Waals surface area contributed by atoms with E-state index in [1.807, 2.05) is 13.1 Å². The van der Waals surface area contributed by atoms with Crippen LogP contribution in [0.1, 0.15) is 37.8 Å². The highest BCUT2D eigenvalue weighted by Gasteiger charge is 2.17. The first-order valence-electron chi connectivity index (χ1n) is 9.46. The number of hydrogen-bond acceptors (Lipinski definition) is 4. The zero-order valence-corrected chi connectivity index (χ0v) is 15.5. The van der Waals surface area contributed by atoms with Crippen molar-refractivity contribution in [1.29, 1.82) is 0 Å². The van der Waals surface area contributed by atoms with E-state index in [0.717, 1.165) is 31.0 Å². The number of likely N-dealkylation sites (tertiary alicyclic amines) is 1. The smallest absolute Gasteiger partial charge is 0.314 e. The Morgan fingerprint density at radius 1 is 1.12 bits per heavy atom. The molecular formula is C18H26N6O2. The number of fused-ring (bicyclic) bond motifs is 3. The Morgan fingerprint density at radius 2 is 1.85 bits per heavy atom. The molecule has 8 nitrogen and oxygen atoms in total. The van der Waals surface area contributed by atoms with E-state index in [4.69, 9.17) is 0 Å². The fraction of sp³-hybridized carbons (Fsp3) is 0.611. The summed E-state index contributed by atoms with van der Waals surface area (Å²) in [6.45, 7) is 6.37. The lowest BCUT2D eigenvalue weighted by Crippen LogP contribution is -2.28. The van der Waals surface area contributed by atoms with Crippen molar-refractivity contribution >= 4 is 16.9 Å². The summed E-state index contributed by atoms with van der Waals surface area (Å²) in [5, 5.41) is 0. The standard InChI is InChI=1S/C18H26N6O2/c1-13-12-24-14-15(21(2)18(26)20-16(14)25)19-17(24)23(13)11-7-10-22-8-5-3-4-6-9-22/h12H,3-11H2,1-2H3,(H,20,25,26). The van der Waals surface area contributed by atoms with Gasteiger partial charge in [-0.25, -0.2) is 4.79 Å². The number of imidazole rings is 2. The van der Waals surface area contributed by atoms with Crippen LogP contribution in [-0.4, -0.2) is 48.0 Å². The number of hydrogen-bond donors (Lipinski definition) is 1. The maximum Gasteiger partial charge on any atom is 0.329 e. The number of H-pyrrole nitrogens is 1. The highest BCUT2D eigenvalue weighted by atomic mass is 16.2. The van der Waals surface area contributed by atoms with Crippen molar-refractivity contribution < 1.29 is 0 Å². The van der Waals surface area contributed by atoms with Crippen molar-refractivity contribution in [2.75, 3.05) is 19.6 Å². The van der Waals surface area contributed by atoms with Crippen LogP contribution in [0.2, 0.25) is 0 Å². The summed E-state index contributed by atoms with van der Waals surface area (Å²) in [6, 6.07) is 0. The first-order valence-corrected chi connectivity index (χ1v) is 9.46. The predicted molar refractivity (Wildman–Crippen MR) is 101 cm³/mol. The molecule has 0 radical (unpaired) electrons. The van der Waals surface area contributed by atoms with Crippen molar-refractivity contribution in [2.45, 2.75) is 45.6 Å². The molecule has 3 aromatic heterocycles. The Morgan fingerprint density at radius 3 is 2.58 bits per heavy atom. The average Bonchev–Trinajstić information content (AvgIpc) is 2.97. The number of aromatic nitrogens is 5. The Hall–Kier alpha value is -2.35. The van der Waals surface area contributed by atoms with E-state index in [9.17, 15) is 9.59 Å². The van der Waals surface area contributed by atoms with Crippen LogP contribution in [-0.2, 0) is 13.6 Å². The van der Waals surface area contributed by atoms with E-state index in [2.05, 4.69) is 19.4 Å². The Labute approximate surface area is 151 Å². The van der Waals surface area contributed by atoms with Crippen LogP contribution in [0.5, 0.6) is 0 Å². The highest BCUT2D eigenvalue weighted by molar-refractivity contribution is 5.75. The quantitative estimate of drug-likeness (QED) is 0.761. The SMILES string of the molecule is Cc1cn2c3c(=O)[nH]c(=O)n(C)c3nc2n1CCCN1CCCCCC1. The van der Waals surface area contributed by atoms with E-state index >= 15 is 0 Å². The van der Waals surface area contributed by atoms with Gasteiger partial charge in [0.15, 0.2) is 11.2 Å². The van der Waals surface area contributed by atoms with Crippen LogP contribution in [0.3, 0.4) is 0 Å². The third-order valence-corrected chi connectivity index (χ3v) is 5.47.